The number of sulfonamides is 1. The first-order valence-corrected chi connectivity index (χ1v) is 11.1. The van der Waals surface area contributed by atoms with Gasteiger partial charge in [0.25, 0.3) is 10.0 Å². The van der Waals surface area contributed by atoms with E-state index in [2.05, 4.69) is 43.8 Å². The molecule has 0 spiro atoms. The molecular formula is C22H24N4O2S. The summed E-state index contributed by atoms with van der Waals surface area (Å²) < 4.78 is 28.0. The summed E-state index contributed by atoms with van der Waals surface area (Å²) in [6.45, 7) is 4.45. The third kappa shape index (κ3) is 4.75. The van der Waals surface area contributed by atoms with E-state index >= 15 is 0 Å². The molecule has 0 saturated carbocycles. The number of piperazine rings is 1. The molecule has 4 rings (SSSR count). The highest BCUT2D eigenvalue weighted by Gasteiger charge is 2.20. The van der Waals surface area contributed by atoms with Crippen LogP contribution in [-0.2, 0) is 16.6 Å². The monoisotopic (exact) mass is 408 g/mol. The topological polar surface area (TPSA) is 65.5 Å². The van der Waals surface area contributed by atoms with Gasteiger partial charge in [-0.15, -0.1) is 0 Å². The molecule has 3 aromatic rings. The van der Waals surface area contributed by atoms with Gasteiger partial charge in [-0.2, -0.15) is 8.42 Å². The summed E-state index contributed by atoms with van der Waals surface area (Å²) in [7, 11) is -3.71. The Morgan fingerprint density at radius 3 is 2.24 bits per heavy atom. The smallest absolute Gasteiger partial charge is 0.279 e. The van der Waals surface area contributed by atoms with Crippen LogP contribution >= 0.6 is 0 Å². The third-order valence-electron chi connectivity index (χ3n) is 5.06. The lowest BCUT2D eigenvalue weighted by molar-refractivity contribution is 0.250. The van der Waals surface area contributed by atoms with E-state index < -0.39 is 10.0 Å². The first kappa shape index (κ1) is 19.4. The molecule has 0 atom stereocenters. The molecule has 150 valence electrons. The van der Waals surface area contributed by atoms with Gasteiger partial charge in [-0.25, -0.2) is 4.98 Å². The van der Waals surface area contributed by atoms with Crippen molar-refractivity contribution in [1.82, 2.24) is 9.88 Å². The molecule has 1 fully saturated rings. The van der Waals surface area contributed by atoms with Crippen molar-refractivity contribution in [3.8, 4) is 0 Å². The first-order chi connectivity index (χ1) is 14.1. The summed E-state index contributed by atoms with van der Waals surface area (Å²) in [5.41, 5.74) is 2.81. The lowest BCUT2D eigenvalue weighted by Gasteiger charge is -2.36. The van der Waals surface area contributed by atoms with Crippen LogP contribution in [0.1, 0.15) is 5.56 Å². The summed E-state index contributed by atoms with van der Waals surface area (Å²) in [6, 6.07) is 22.8. The molecule has 0 aliphatic carbocycles. The number of benzene rings is 2. The summed E-state index contributed by atoms with van der Waals surface area (Å²) in [5, 5.41) is 0.0197. The predicted molar refractivity (Wildman–Crippen MR) is 115 cm³/mol. The van der Waals surface area contributed by atoms with Crippen molar-refractivity contribution < 1.29 is 8.42 Å². The lowest BCUT2D eigenvalue weighted by atomic mass is 10.1. The number of aromatic nitrogens is 1. The zero-order valence-corrected chi connectivity index (χ0v) is 16.9. The predicted octanol–water partition coefficient (Wildman–Crippen LogP) is 3.20. The highest BCUT2D eigenvalue weighted by atomic mass is 32.2. The van der Waals surface area contributed by atoms with Crippen LogP contribution < -0.4 is 9.62 Å². The SMILES string of the molecule is O=S(=O)(Nc1ccccc1CN1CCN(c2ccccc2)CC1)c1ccccn1. The highest BCUT2D eigenvalue weighted by Crippen LogP contribution is 2.22. The number of anilines is 2. The van der Waals surface area contributed by atoms with Gasteiger partial charge in [-0.1, -0.05) is 42.5 Å². The van der Waals surface area contributed by atoms with Crippen LogP contribution in [0.25, 0.3) is 0 Å². The molecule has 0 bridgehead atoms. The summed E-state index contributed by atoms with van der Waals surface area (Å²) >= 11 is 0. The van der Waals surface area contributed by atoms with Gasteiger partial charge in [0.15, 0.2) is 5.03 Å². The van der Waals surface area contributed by atoms with E-state index in [0.717, 1.165) is 31.7 Å². The molecule has 0 radical (unpaired) electrons. The fourth-order valence-electron chi connectivity index (χ4n) is 3.50. The average Bonchev–Trinajstić information content (AvgIpc) is 2.77. The Hall–Kier alpha value is -2.90. The van der Waals surface area contributed by atoms with Crippen LogP contribution in [0.3, 0.4) is 0 Å². The number of pyridine rings is 1. The molecule has 2 aromatic carbocycles. The zero-order chi connectivity index (χ0) is 20.1. The van der Waals surface area contributed by atoms with Crippen LogP contribution in [0.15, 0.2) is 84.0 Å². The van der Waals surface area contributed by atoms with Crippen molar-refractivity contribution in [2.45, 2.75) is 11.6 Å². The van der Waals surface area contributed by atoms with Crippen LogP contribution in [0.4, 0.5) is 11.4 Å². The maximum absolute atomic E-state index is 12.7. The molecule has 7 heteroatoms. The van der Waals surface area contributed by atoms with Gasteiger partial charge in [-0.05, 0) is 35.9 Å². The maximum Gasteiger partial charge on any atom is 0.279 e. The minimum Gasteiger partial charge on any atom is -0.369 e. The minimum atomic E-state index is -3.71. The first-order valence-electron chi connectivity index (χ1n) is 9.66. The Bertz CT molecular complexity index is 1030. The Kier molecular flexibility index (Phi) is 5.78. The van der Waals surface area contributed by atoms with Crippen LogP contribution in [-0.4, -0.2) is 44.5 Å². The van der Waals surface area contributed by atoms with Gasteiger partial charge < -0.3 is 4.90 Å². The largest absolute Gasteiger partial charge is 0.369 e. The molecule has 1 aliphatic heterocycles. The van der Waals surface area contributed by atoms with Gasteiger partial charge in [0.05, 0.1) is 5.69 Å². The molecule has 2 heterocycles. The number of rotatable bonds is 6. The second-order valence-corrected chi connectivity index (χ2v) is 8.66. The quantitative estimate of drug-likeness (QED) is 0.679. The van der Waals surface area contributed by atoms with Crippen LogP contribution in [0.5, 0.6) is 0 Å². The molecule has 6 nitrogen and oxygen atoms in total. The molecular weight excluding hydrogens is 384 g/mol. The molecule has 1 N–H and O–H groups in total. The van der Waals surface area contributed by atoms with Crippen LogP contribution in [0, 0.1) is 0 Å². The standard InChI is InChI=1S/C22H24N4O2S/c27-29(28,22-12-6-7-13-23-22)24-21-11-5-4-8-19(21)18-25-14-16-26(17-15-25)20-9-2-1-3-10-20/h1-13,24H,14-18H2. The normalized spacial score (nSPS) is 15.2. The van der Waals surface area contributed by atoms with Gasteiger partial charge in [0.1, 0.15) is 0 Å². The van der Waals surface area contributed by atoms with E-state index in [1.807, 2.05) is 24.3 Å². The third-order valence-corrected chi connectivity index (χ3v) is 6.34. The van der Waals surface area contributed by atoms with Gasteiger partial charge >= 0.3 is 0 Å². The van der Waals surface area contributed by atoms with Gasteiger partial charge in [0.2, 0.25) is 0 Å². The Morgan fingerprint density at radius 2 is 1.52 bits per heavy atom. The molecule has 1 aromatic heterocycles. The van der Waals surface area contributed by atoms with E-state index in [0.29, 0.717) is 12.2 Å². The van der Waals surface area contributed by atoms with E-state index in [1.54, 1.807) is 18.2 Å². The second kappa shape index (κ2) is 8.63. The number of para-hydroxylation sites is 2. The zero-order valence-electron chi connectivity index (χ0n) is 16.1. The summed E-state index contributed by atoms with van der Waals surface area (Å²) in [4.78, 5) is 8.70. The highest BCUT2D eigenvalue weighted by molar-refractivity contribution is 7.92. The molecule has 1 saturated heterocycles. The number of hydrogen-bond donors (Lipinski definition) is 1. The van der Waals surface area contributed by atoms with Crippen molar-refractivity contribution in [2.24, 2.45) is 0 Å². The second-order valence-electron chi connectivity index (χ2n) is 7.03. The van der Waals surface area contributed by atoms with Crippen molar-refractivity contribution in [2.75, 3.05) is 35.8 Å². The van der Waals surface area contributed by atoms with Gasteiger partial charge in [-0.3, -0.25) is 9.62 Å². The molecule has 29 heavy (non-hydrogen) atoms. The van der Waals surface area contributed by atoms with Crippen LogP contribution in [0.2, 0.25) is 0 Å². The van der Waals surface area contributed by atoms with E-state index in [-0.39, 0.29) is 5.03 Å². The lowest BCUT2D eigenvalue weighted by Crippen LogP contribution is -2.46. The van der Waals surface area contributed by atoms with Crippen molar-refractivity contribution in [3.05, 3.63) is 84.6 Å². The Morgan fingerprint density at radius 1 is 0.828 bits per heavy atom. The molecule has 0 amide bonds. The molecule has 0 unspecified atom stereocenters. The van der Waals surface area contributed by atoms with Crippen molar-refractivity contribution in [3.63, 3.8) is 0 Å². The van der Waals surface area contributed by atoms with E-state index in [4.69, 9.17) is 0 Å². The number of nitrogens with one attached hydrogen (secondary N) is 1. The van der Waals surface area contributed by atoms with Gasteiger partial charge in [0, 0.05) is 44.6 Å². The summed E-state index contributed by atoms with van der Waals surface area (Å²) in [6.07, 6.45) is 1.48. The van der Waals surface area contributed by atoms with E-state index in [9.17, 15) is 8.42 Å². The fraction of sp³-hybridized carbons (Fsp3) is 0.227. The van der Waals surface area contributed by atoms with E-state index in [1.165, 1.54) is 18.0 Å². The Balaban J connectivity index is 1.43. The molecule has 1 aliphatic rings. The number of hydrogen-bond acceptors (Lipinski definition) is 5. The average molecular weight is 409 g/mol. The fourth-order valence-corrected chi connectivity index (χ4v) is 4.56. The summed E-state index contributed by atoms with van der Waals surface area (Å²) in [5.74, 6) is 0. The van der Waals surface area contributed by atoms with Crippen molar-refractivity contribution >= 4 is 21.4 Å². The number of nitrogens with zero attached hydrogens (tertiary/aromatic N) is 3. The maximum atomic E-state index is 12.7. The Labute approximate surface area is 171 Å². The van der Waals surface area contributed by atoms with Crippen molar-refractivity contribution in [1.29, 1.82) is 0 Å². The minimum absolute atomic E-state index is 0.0197.